The Morgan fingerprint density at radius 2 is 2.03 bits per heavy atom. The molecule has 2 aromatic rings. The molecule has 9 nitrogen and oxygen atoms in total. The fraction of sp³-hybridized carbons (Fsp3) is 0.429. The molecule has 30 heavy (non-hydrogen) atoms. The van der Waals surface area contributed by atoms with Gasteiger partial charge in [-0.15, -0.1) is 0 Å². The number of ether oxygens (including phenoxy) is 1. The molecule has 2 unspecified atom stereocenters. The van der Waals surface area contributed by atoms with Crippen molar-refractivity contribution in [3.8, 4) is 17.6 Å². The van der Waals surface area contributed by atoms with E-state index in [0.29, 0.717) is 17.4 Å². The first kappa shape index (κ1) is 19.8. The molecule has 0 bridgehead atoms. The van der Waals surface area contributed by atoms with E-state index in [9.17, 15) is 20.0 Å². The smallest absolute Gasteiger partial charge is 0.258 e. The van der Waals surface area contributed by atoms with Gasteiger partial charge in [0.2, 0.25) is 11.9 Å². The van der Waals surface area contributed by atoms with E-state index >= 15 is 0 Å². The zero-order valence-electron chi connectivity index (χ0n) is 16.8. The molecule has 2 aliphatic rings. The van der Waals surface area contributed by atoms with Crippen LogP contribution in [0.2, 0.25) is 0 Å². The van der Waals surface area contributed by atoms with Crippen molar-refractivity contribution in [3.63, 3.8) is 0 Å². The SMILES string of the molecule is COc1cc(C2c3c(nc(N4CCC(C)CC4)[nH]c3=O)NC(=O)C2C#N)ccc1O. The molecule has 0 saturated carbocycles. The molecule has 1 aromatic heterocycles. The van der Waals surface area contributed by atoms with Crippen molar-refractivity contribution in [2.75, 3.05) is 30.4 Å². The third-order valence-electron chi connectivity index (χ3n) is 5.90. The Bertz CT molecular complexity index is 1080. The lowest BCUT2D eigenvalue weighted by Gasteiger charge is -2.33. The molecule has 1 saturated heterocycles. The molecule has 0 aliphatic carbocycles. The summed E-state index contributed by atoms with van der Waals surface area (Å²) >= 11 is 0. The number of phenolic OH excluding ortho intramolecular Hbond substituents is 1. The summed E-state index contributed by atoms with van der Waals surface area (Å²) in [6.07, 6.45) is 2.00. The fourth-order valence-corrected chi connectivity index (χ4v) is 4.12. The van der Waals surface area contributed by atoms with E-state index in [2.05, 4.69) is 22.2 Å². The zero-order chi connectivity index (χ0) is 21.4. The number of hydrogen-bond acceptors (Lipinski definition) is 7. The van der Waals surface area contributed by atoms with Crippen molar-refractivity contribution in [2.24, 2.45) is 11.8 Å². The molecule has 1 amide bonds. The molecule has 4 rings (SSSR count). The molecule has 1 aromatic carbocycles. The van der Waals surface area contributed by atoms with Gasteiger partial charge in [0.05, 0.1) is 18.7 Å². The topological polar surface area (TPSA) is 131 Å². The molecule has 156 valence electrons. The summed E-state index contributed by atoms with van der Waals surface area (Å²) < 4.78 is 5.16. The molecular weight excluding hydrogens is 386 g/mol. The van der Waals surface area contributed by atoms with Gasteiger partial charge in [-0.25, -0.2) is 0 Å². The fourth-order valence-electron chi connectivity index (χ4n) is 4.12. The standard InChI is InChI=1S/C21H23N5O4/c1-11-5-7-26(8-6-11)21-24-18-17(20(29)25-21)16(13(10-22)19(28)23-18)12-3-4-14(27)15(9-12)30-2/h3-4,9,11,13,16,27H,5-8H2,1-2H3,(H2,23,24,25,28,29). The first-order valence-electron chi connectivity index (χ1n) is 9.89. The number of carbonyl (C=O) groups excluding carboxylic acids is 1. The highest BCUT2D eigenvalue weighted by Gasteiger charge is 2.40. The van der Waals surface area contributed by atoms with E-state index in [1.54, 1.807) is 6.07 Å². The summed E-state index contributed by atoms with van der Waals surface area (Å²) in [5.74, 6) is -1.13. The Balaban J connectivity index is 1.82. The summed E-state index contributed by atoms with van der Waals surface area (Å²) in [5.41, 5.74) is 0.341. The minimum atomic E-state index is -1.11. The number of aromatic amines is 1. The number of phenols is 1. The summed E-state index contributed by atoms with van der Waals surface area (Å²) in [6.45, 7) is 3.74. The Labute approximate surface area is 173 Å². The summed E-state index contributed by atoms with van der Waals surface area (Å²) in [4.78, 5) is 35.1. The number of piperidine rings is 1. The van der Waals surface area contributed by atoms with Crippen LogP contribution in [0.3, 0.4) is 0 Å². The monoisotopic (exact) mass is 409 g/mol. The van der Waals surface area contributed by atoms with Crippen LogP contribution < -0.4 is 20.5 Å². The van der Waals surface area contributed by atoms with Crippen molar-refractivity contribution < 1.29 is 14.6 Å². The number of rotatable bonds is 3. The number of amides is 1. The highest BCUT2D eigenvalue weighted by Crippen LogP contribution is 2.40. The maximum Gasteiger partial charge on any atom is 0.258 e. The van der Waals surface area contributed by atoms with Crippen LogP contribution in [0, 0.1) is 23.2 Å². The Hall–Kier alpha value is -3.54. The van der Waals surface area contributed by atoms with E-state index in [1.165, 1.54) is 19.2 Å². The lowest BCUT2D eigenvalue weighted by molar-refractivity contribution is -0.119. The summed E-state index contributed by atoms with van der Waals surface area (Å²) in [5, 5.41) is 22.2. The zero-order valence-corrected chi connectivity index (χ0v) is 16.8. The predicted molar refractivity (Wildman–Crippen MR) is 110 cm³/mol. The van der Waals surface area contributed by atoms with Crippen LogP contribution in [0.25, 0.3) is 0 Å². The third kappa shape index (κ3) is 3.34. The number of anilines is 2. The number of benzene rings is 1. The van der Waals surface area contributed by atoms with E-state index in [0.717, 1.165) is 25.9 Å². The largest absolute Gasteiger partial charge is 0.504 e. The van der Waals surface area contributed by atoms with Crippen LogP contribution in [0.5, 0.6) is 11.5 Å². The maximum atomic E-state index is 13.1. The average molecular weight is 409 g/mol. The number of carbonyl (C=O) groups is 1. The van der Waals surface area contributed by atoms with Gasteiger partial charge in [-0.1, -0.05) is 13.0 Å². The first-order chi connectivity index (χ1) is 14.4. The van der Waals surface area contributed by atoms with Crippen molar-refractivity contribution >= 4 is 17.7 Å². The molecular formula is C21H23N5O4. The van der Waals surface area contributed by atoms with Crippen molar-refractivity contribution in [2.45, 2.75) is 25.7 Å². The quantitative estimate of drug-likeness (QED) is 0.706. The molecule has 9 heteroatoms. The summed E-state index contributed by atoms with van der Waals surface area (Å²) in [7, 11) is 1.41. The number of methoxy groups -OCH3 is 1. The van der Waals surface area contributed by atoms with Crippen LogP contribution in [-0.2, 0) is 4.79 Å². The molecule has 2 atom stereocenters. The van der Waals surface area contributed by atoms with Gasteiger partial charge < -0.3 is 20.1 Å². The Kier molecular flexibility index (Phi) is 5.08. The summed E-state index contributed by atoms with van der Waals surface area (Å²) in [6, 6.07) is 6.53. The number of aromatic nitrogens is 2. The van der Waals surface area contributed by atoms with Gasteiger partial charge in [-0.3, -0.25) is 14.6 Å². The van der Waals surface area contributed by atoms with Gasteiger partial charge in [0, 0.05) is 19.0 Å². The van der Waals surface area contributed by atoms with Crippen molar-refractivity contribution in [3.05, 3.63) is 39.7 Å². The average Bonchev–Trinajstić information content (AvgIpc) is 2.73. The van der Waals surface area contributed by atoms with Crippen LogP contribution in [0.4, 0.5) is 11.8 Å². The molecule has 1 fully saturated rings. The molecule has 2 aliphatic heterocycles. The van der Waals surface area contributed by atoms with Gasteiger partial charge in [-0.2, -0.15) is 10.2 Å². The van der Waals surface area contributed by atoms with Gasteiger partial charge in [-0.05, 0) is 36.5 Å². The number of nitrogens with one attached hydrogen (secondary N) is 2. The molecule has 0 radical (unpaired) electrons. The second kappa shape index (κ2) is 7.71. The van der Waals surface area contributed by atoms with E-state index in [1.807, 2.05) is 11.0 Å². The minimum absolute atomic E-state index is 0.0723. The second-order valence-electron chi connectivity index (χ2n) is 7.83. The van der Waals surface area contributed by atoms with E-state index in [4.69, 9.17) is 4.74 Å². The van der Waals surface area contributed by atoms with Crippen LogP contribution >= 0.6 is 0 Å². The lowest BCUT2D eigenvalue weighted by atomic mass is 9.79. The number of aromatic hydroxyl groups is 1. The van der Waals surface area contributed by atoms with E-state index in [-0.39, 0.29) is 22.9 Å². The van der Waals surface area contributed by atoms with Crippen LogP contribution in [0.15, 0.2) is 23.0 Å². The second-order valence-corrected chi connectivity index (χ2v) is 7.83. The van der Waals surface area contributed by atoms with E-state index < -0.39 is 23.3 Å². The highest BCUT2D eigenvalue weighted by molar-refractivity contribution is 5.98. The molecule has 3 heterocycles. The Morgan fingerprint density at radius 1 is 1.30 bits per heavy atom. The number of hydrogen-bond donors (Lipinski definition) is 3. The molecule has 0 spiro atoms. The van der Waals surface area contributed by atoms with Crippen molar-refractivity contribution in [1.82, 2.24) is 9.97 Å². The predicted octanol–water partition coefficient (Wildman–Crippen LogP) is 1.94. The third-order valence-corrected chi connectivity index (χ3v) is 5.90. The number of H-pyrrole nitrogens is 1. The Morgan fingerprint density at radius 3 is 2.70 bits per heavy atom. The maximum absolute atomic E-state index is 13.1. The lowest BCUT2D eigenvalue weighted by Crippen LogP contribution is -2.40. The first-order valence-corrected chi connectivity index (χ1v) is 9.89. The highest BCUT2D eigenvalue weighted by atomic mass is 16.5. The minimum Gasteiger partial charge on any atom is -0.504 e. The van der Waals surface area contributed by atoms with Gasteiger partial charge in [0.1, 0.15) is 11.7 Å². The molecule has 3 N–H and O–H groups in total. The number of nitrogens with zero attached hydrogens (tertiary/aromatic N) is 3. The van der Waals surface area contributed by atoms with Crippen LogP contribution in [-0.4, -0.2) is 41.2 Å². The van der Waals surface area contributed by atoms with Gasteiger partial charge in [0.15, 0.2) is 11.5 Å². The van der Waals surface area contributed by atoms with Crippen LogP contribution in [0.1, 0.15) is 36.8 Å². The number of fused-ring (bicyclic) bond motifs is 1. The van der Waals surface area contributed by atoms with Gasteiger partial charge in [0.25, 0.3) is 5.56 Å². The van der Waals surface area contributed by atoms with Gasteiger partial charge >= 0.3 is 0 Å². The normalized spacial score (nSPS) is 21.5. The van der Waals surface area contributed by atoms with Crippen molar-refractivity contribution in [1.29, 1.82) is 5.26 Å². The number of nitriles is 1.